The van der Waals surface area contributed by atoms with Crippen molar-refractivity contribution in [2.75, 3.05) is 13.1 Å². The highest BCUT2D eigenvalue weighted by Gasteiger charge is 2.51. The van der Waals surface area contributed by atoms with Gasteiger partial charge >= 0.3 is 0 Å². The van der Waals surface area contributed by atoms with Crippen molar-refractivity contribution in [1.29, 1.82) is 0 Å². The molecule has 1 rings (SSSR count). The molecule has 1 amide bonds. The van der Waals surface area contributed by atoms with Gasteiger partial charge in [0.1, 0.15) is 0 Å². The summed E-state index contributed by atoms with van der Waals surface area (Å²) in [6, 6.07) is 0. The van der Waals surface area contributed by atoms with Crippen molar-refractivity contribution < 1.29 is 4.79 Å². The van der Waals surface area contributed by atoms with Gasteiger partial charge in [0.25, 0.3) is 0 Å². The van der Waals surface area contributed by atoms with Crippen LogP contribution >= 0.6 is 0 Å². The number of hydrogen-bond donors (Lipinski definition) is 0. The van der Waals surface area contributed by atoms with Crippen molar-refractivity contribution in [1.82, 2.24) is 4.90 Å². The highest BCUT2D eigenvalue weighted by molar-refractivity contribution is 8.20. The Hall–Kier alpha value is 0.574. The summed E-state index contributed by atoms with van der Waals surface area (Å²) in [4.78, 5) is 15.3. The number of carbonyl (C=O) groups excluding carboxylic acids is 1. The van der Waals surface area contributed by atoms with E-state index in [1.807, 2.05) is 13.0 Å². The molecule has 119 valence electrons. The van der Waals surface area contributed by atoms with Gasteiger partial charge in [0.05, 0.1) is 0 Å². The van der Waals surface area contributed by atoms with E-state index in [4.69, 9.17) is 77.4 Å². The molecule has 0 N–H and O–H groups in total. The van der Waals surface area contributed by atoms with Crippen LogP contribution in [0.25, 0.3) is 0 Å². The van der Waals surface area contributed by atoms with Crippen LogP contribution in [0.3, 0.4) is 0 Å². The van der Waals surface area contributed by atoms with Gasteiger partial charge in [-0.25, -0.2) is 0 Å². The maximum atomic E-state index is 13.5. The summed E-state index contributed by atoms with van der Waals surface area (Å²) < 4.78 is 0. The van der Waals surface area contributed by atoms with Gasteiger partial charge in [-0.3, -0.25) is 4.79 Å². The predicted molar refractivity (Wildman–Crippen MR) is 162 cm³/mol. The third kappa shape index (κ3) is 7.80. The van der Waals surface area contributed by atoms with Gasteiger partial charge in [0.2, 0.25) is 0 Å². The number of nitrogens with zero attached hydrogens (tertiary/aromatic N) is 1. The van der Waals surface area contributed by atoms with Crippen molar-refractivity contribution in [3.05, 3.63) is 11.6 Å². The Bertz CT molecular complexity index is 582. The van der Waals surface area contributed by atoms with E-state index in [0.717, 1.165) is 6.42 Å². The second-order valence-electron chi connectivity index (χ2n) is 8.76. The molecule has 1 aliphatic rings. The van der Waals surface area contributed by atoms with Gasteiger partial charge in [0.15, 0.2) is 12.4 Å². The zero-order chi connectivity index (χ0) is 24.0. The number of rotatable bonds is 11. The Morgan fingerprint density at radius 2 is 1.32 bits per heavy atom. The van der Waals surface area contributed by atoms with Gasteiger partial charge in [-0.2, -0.15) is 0 Å². The van der Waals surface area contributed by atoms with Crippen LogP contribution < -0.4 is 0 Å². The molecular weight excluding hydrogens is 353 g/mol. The first-order valence-corrected chi connectivity index (χ1v) is 10.6. The molecular formula is C8H13B21NO. The van der Waals surface area contributed by atoms with Crippen molar-refractivity contribution in [2.45, 2.75) is 20.2 Å². The van der Waals surface area contributed by atoms with E-state index in [-0.39, 0.29) is 5.81 Å². The monoisotopic (exact) mass is 370 g/mol. The predicted octanol–water partition coefficient (Wildman–Crippen LogP) is -6.11. The molecule has 23 heteroatoms. The molecule has 21 radical (unpaired) electrons. The van der Waals surface area contributed by atoms with E-state index < -0.39 is 64.1 Å². The fraction of sp³-hybridized carbons (Fsp3) is 0.625. The Kier molecular flexibility index (Phi) is 12.9. The fourth-order valence-corrected chi connectivity index (χ4v) is 4.78. The molecule has 0 saturated carbocycles. The second-order valence-corrected chi connectivity index (χ2v) is 8.76. The molecule has 0 spiro atoms. The lowest BCUT2D eigenvalue weighted by Crippen LogP contribution is -2.83. The summed E-state index contributed by atoms with van der Waals surface area (Å²) >= 11 is 0. The number of hydrogen-bond acceptors (Lipinski definition) is 1. The van der Waals surface area contributed by atoms with Crippen LogP contribution in [0.5, 0.6) is 0 Å². The van der Waals surface area contributed by atoms with E-state index in [9.17, 15) is 4.79 Å². The minimum Gasteiger partial charge on any atom is -0.348 e. The Balaban J connectivity index is 3.53. The van der Waals surface area contributed by atoms with Gasteiger partial charge in [-0.05, 0) is 13.3 Å². The molecule has 0 bridgehead atoms. The van der Waals surface area contributed by atoms with Crippen LogP contribution in [0.4, 0.5) is 4.79 Å². The summed E-state index contributed by atoms with van der Waals surface area (Å²) in [6.45, 7) is 4.28. The Morgan fingerprint density at radius 3 is 1.68 bits per heavy atom. The fourth-order valence-electron chi connectivity index (χ4n) is 4.78. The normalized spacial score (nSPS) is 12.7. The molecule has 0 aromatic heterocycles. The first kappa shape index (κ1) is 29.6. The summed E-state index contributed by atoms with van der Waals surface area (Å²) in [7, 11) is 61.9. The topological polar surface area (TPSA) is 20.3 Å². The molecule has 31 heavy (non-hydrogen) atoms. The van der Waals surface area contributed by atoms with E-state index in [2.05, 4.69) is 0 Å². The third-order valence-corrected chi connectivity index (χ3v) is 6.49. The lowest BCUT2D eigenvalue weighted by atomic mass is 8.38. The zero-order valence-electron chi connectivity index (χ0n) is 18.7. The van der Waals surface area contributed by atoms with Crippen LogP contribution in [0.2, 0.25) is 6.82 Å². The Labute approximate surface area is 208 Å². The summed E-state index contributed by atoms with van der Waals surface area (Å²) in [5, 5.41) is 0. The zero-order valence-corrected chi connectivity index (χ0v) is 18.7. The molecule has 0 aromatic carbocycles. The van der Waals surface area contributed by atoms with Crippen LogP contribution in [-0.2, 0) is 0 Å². The van der Waals surface area contributed by atoms with Crippen molar-refractivity contribution in [3.63, 3.8) is 0 Å². The molecule has 1 heterocycles. The van der Waals surface area contributed by atoms with Crippen molar-refractivity contribution in [3.8, 4) is 0 Å². The minimum absolute atomic E-state index is 0.107. The lowest BCUT2D eigenvalue weighted by Gasteiger charge is -2.45. The standard InChI is InChI=1S/C8H13B21NO/c1-7-3-5-30(6-4-7)8(31)20(2)26(27(21(10)11)22(12)13)29(25(18)19-9)28(23(14)15)24(16)17/h3H,4-6H2,1-2H3. The van der Waals surface area contributed by atoms with Crippen molar-refractivity contribution >= 4 is 154 Å². The molecule has 0 saturated heterocycles. The molecule has 0 atom stereocenters. The maximum absolute atomic E-state index is 13.5. The molecule has 0 unspecified atom stereocenters. The van der Waals surface area contributed by atoms with Gasteiger partial charge < -0.3 is 4.90 Å². The highest BCUT2D eigenvalue weighted by atomic mass is 16.2. The largest absolute Gasteiger partial charge is 0.348 e. The molecule has 2 nitrogen and oxygen atoms in total. The maximum Gasteiger partial charge on any atom is 0.198 e. The molecule has 0 aliphatic carbocycles. The highest BCUT2D eigenvalue weighted by Crippen LogP contribution is 2.16. The van der Waals surface area contributed by atoms with E-state index in [1.54, 1.807) is 11.7 Å². The number of carbonyl (C=O) groups is 1. The summed E-state index contributed by atoms with van der Waals surface area (Å²) in [5.41, 5.74) is 1.24. The third-order valence-electron chi connectivity index (χ3n) is 6.49. The number of amides is 1. The summed E-state index contributed by atoms with van der Waals surface area (Å²) in [5.74, 6) is -0.107. The van der Waals surface area contributed by atoms with Crippen LogP contribution in [0.15, 0.2) is 11.6 Å². The van der Waals surface area contributed by atoms with Crippen LogP contribution in [0, 0.1) is 0 Å². The first-order valence-electron chi connectivity index (χ1n) is 10.6. The average molecular weight is 366 g/mol. The van der Waals surface area contributed by atoms with Crippen LogP contribution in [-0.4, -0.2) is 172 Å². The van der Waals surface area contributed by atoms with Crippen molar-refractivity contribution in [2.24, 2.45) is 0 Å². The SMILES string of the molecule is [B][B]B([B])B(B(B([B])[B])B([B])[B])B(B(B([B])[B])B([B])[B])B(C)C(=O)N1CC=C(C)CC1. The molecule has 0 aromatic rings. The quantitative estimate of drug-likeness (QED) is 0.263. The van der Waals surface area contributed by atoms with Gasteiger partial charge in [0, 0.05) is 155 Å². The van der Waals surface area contributed by atoms with Gasteiger partial charge in [-0.15, -0.1) is 0 Å². The van der Waals surface area contributed by atoms with E-state index >= 15 is 0 Å². The second kappa shape index (κ2) is 13.5. The van der Waals surface area contributed by atoms with E-state index in [0.29, 0.717) is 13.1 Å². The molecule has 1 aliphatic heterocycles. The van der Waals surface area contributed by atoms with Crippen LogP contribution in [0.1, 0.15) is 13.3 Å². The first-order chi connectivity index (χ1) is 14.3. The van der Waals surface area contributed by atoms with E-state index in [1.165, 1.54) is 12.6 Å². The smallest absolute Gasteiger partial charge is 0.198 e. The summed E-state index contributed by atoms with van der Waals surface area (Å²) in [6.07, 6.45) is -4.43. The minimum atomic E-state index is -0.945. The lowest BCUT2D eigenvalue weighted by molar-refractivity contribution is 0.224. The molecule has 0 fully saturated rings. The average Bonchev–Trinajstić information content (AvgIpc) is 2.67. The van der Waals surface area contributed by atoms with Gasteiger partial charge in [-0.1, -0.05) is 18.5 Å². The Morgan fingerprint density at radius 1 is 0.871 bits per heavy atom.